The number of aromatic carboxylic acids is 1. The molecule has 2 aromatic carbocycles. The molecule has 0 aromatic heterocycles. The number of urea groups is 1. The van der Waals surface area contributed by atoms with Crippen molar-refractivity contribution in [2.75, 3.05) is 5.32 Å². The van der Waals surface area contributed by atoms with Crippen LogP contribution >= 0.6 is 11.6 Å². The summed E-state index contributed by atoms with van der Waals surface area (Å²) >= 11 is 5.81. The Morgan fingerprint density at radius 3 is 2.38 bits per heavy atom. The molecule has 0 spiro atoms. The second-order valence-electron chi connectivity index (χ2n) is 4.71. The van der Waals surface area contributed by atoms with Crippen molar-refractivity contribution in [2.45, 2.75) is 6.18 Å². The lowest BCUT2D eigenvalue weighted by atomic mass is 9.93. The standard InChI is InChI=1S/C15H10ClF3N2O3/c16-7-4-5-8(13(22)23)9(6-7)12-10(15(17,18)19)2-1-3-11(12)21-14(20)24/h1-6H,(H,22,23)(H3,20,21,24). The molecule has 24 heavy (non-hydrogen) atoms. The van der Waals surface area contributed by atoms with Crippen LogP contribution in [0.2, 0.25) is 5.02 Å². The van der Waals surface area contributed by atoms with Crippen LogP contribution in [0.15, 0.2) is 36.4 Å². The molecule has 2 rings (SSSR count). The predicted octanol–water partition coefficient (Wildman–Crippen LogP) is 4.21. The van der Waals surface area contributed by atoms with Crippen molar-refractivity contribution in [2.24, 2.45) is 5.73 Å². The van der Waals surface area contributed by atoms with E-state index in [4.69, 9.17) is 17.3 Å². The second kappa shape index (κ2) is 6.40. The lowest BCUT2D eigenvalue weighted by molar-refractivity contribution is -0.137. The highest BCUT2D eigenvalue weighted by Gasteiger charge is 2.36. The van der Waals surface area contributed by atoms with E-state index in [1.54, 1.807) is 0 Å². The third-order valence-corrected chi connectivity index (χ3v) is 3.34. The first-order valence-electron chi connectivity index (χ1n) is 6.41. The van der Waals surface area contributed by atoms with Crippen LogP contribution in [0.3, 0.4) is 0 Å². The van der Waals surface area contributed by atoms with Crippen molar-refractivity contribution in [3.8, 4) is 11.1 Å². The molecule has 0 atom stereocenters. The van der Waals surface area contributed by atoms with E-state index in [9.17, 15) is 27.9 Å². The Morgan fingerprint density at radius 2 is 1.83 bits per heavy atom. The summed E-state index contributed by atoms with van der Waals surface area (Å²) in [4.78, 5) is 22.5. The minimum absolute atomic E-state index is 0.0389. The van der Waals surface area contributed by atoms with Crippen LogP contribution in [0, 0.1) is 0 Å². The quantitative estimate of drug-likeness (QED) is 0.767. The molecule has 0 heterocycles. The van der Waals surface area contributed by atoms with Gasteiger partial charge in [0.1, 0.15) is 0 Å². The summed E-state index contributed by atoms with van der Waals surface area (Å²) in [6.07, 6.45) is -4.79. The second-order valence-corrected chi connectivity index (χ2v) is 5.15. The zero-order valence-electron chi connectivity index (χ0n) is 11.8. The topological polar surface area (TPSA) is 92.4 Å². The van der Waals surface area contributed by atoms with Crippen molar-refractivity contribution in [3.05, 3.63) is 52.5 Å². The third-order valence-electron chi connectivity index (χ3n) is 3.11. The molecular weight excluding hydrogens is 349 g/mol. The Morgan fingerprint density at radius 1 is 1.17 bits per heavy atom. The van der Waals surface area contributed by atoms with Crippen LogP contribution in [0.25, 0.3) is 11.1 Å². The molecule has 126 valence electrons. The average molecular weight is 359 g/mol. The van der Waals surface area contributed by atoms with Crippen molar-refractivity contribution in [3.63, 3.8) is 0 Å². The molecule has 0 fully saturated rings. The number of alkyl halides is 3. The van der Waals surface area contributed by atoms with E-state index in [0.717, 1.165) is 24.3 Å². The number of rotatable bonds is 3. The van der Waals surface area contributed by atoms with Crippen molar-refractivity contribution < 1.29 is 27.9 Å². The van der Waals surface area contributed by atoms with Gasteiger partial charge < -0.3 is 16.2 Å². The lowest BCUT2D eigenvalue weighted by Gasteiger charge is -2.18. The molecule has 0 radical (unpaired) electrons. The molecule has 4 N–H and O–H groups in total. The fourth-order valence-electron chi connectivity index (χ4n) is 2.23. The molecule has 0 aliphatic rings. The van der Waals surface area contributed by atoms with Gasteiger partial charge in [0.15, 0.2) is 0 Å². The van der Waals surface area contributed by atoms with Crippen LogP contribution in [-0.2, 0) is 6.18 Å². The van der Waals surface area contributed by atoms with E-state index in [2.05, 4.69) is 5.32 Å². The lowest BCUT2D eigenvalue weighted by Crippen LogP contribution is -2.21. The normalized spacial score (nSPS) is 11.2. The Labute approximate surface area is 138 Å². The number of benzene rings is 2. The van der Waals surface area contributed by atoms with Gasteiger partial charge in [-0.3, -0.25) is 0 Å². The third kappa shape index (κ3) is 3.60. The zero-order valence-corrected chi connectivity index (χ0v) is 12.6. The number of amides is 2. The summed E-state index contributed by atoms with van der Waals surface area (Å²) in [5.41, 5.74) is 2.37. The van der Waals surface area contributed by atoms with E-state index in [1.807, 2.05) is 0 Å². The maximum Gasteiger partial charge on any atom is 0.417 e. The first-order valence-corrected chi connectivity index (χ1v) is 6.79. The molecule has 0 aliphatic heterocycles. The molecule has 5 nitrogen and oxygen atoms in total. The van der Waals surface area contributed by atoms with Gasteiger partial charge in [0, 0.05) is 16.1 Å². The molecule has 9 heteroatoms. The molecule has 0 aliphatic carbocycles. The molecule has 0 saturated carbocycles. The maximum atomic E-state index is 13.4. The van der Waals surface area contributed by atoms with Crippen molar-refractivity contribution in [1.29, 1.82) is 0 Å². The minimum atomic E-state index is -4.79. The van der Waals surface area contributed by atoms with Crippen LogP contribution in [0.1, 0.15) is 15.9 Å². The van der Waals surface area contributed by atoms with Gasteiger partial charge in [-0.2, -0.15) is 13.2 Å². The fourth-order valence-corrected chi connectivity index (χ4v) is 2.40. The van der Waals surface area contributed by atoms with Gasteiger partial charge >= 0.3 is 18.2 Å². The number of halogens is 4. The first-order chi connectivity index (χ1) is 11.1. The molecule has 0 bridgehead atoms. The van der Waals surface area contributed by atoms with Crippen LogP contribution in [-0.4, -0.2) is 17.1 Å². The van der Waals surface area contributed by atoms with E-state index in [-0.39, 0.29) is 16.3 Å². The van der Waals surface area contributed by atoms with Crippen LogP contribution < -0.4 is 11.1 Å². The highest BCUT2D eigenvalue weighted by Crippen LogP contribution is 2.43. The average Bonchev–Trinajstić information content (AvgIpc) is 2.45. The molecule has 2 amide bonds. The number of anilines is 1. The Kier molecular flexibility index (Phi) is 4.70. The van der Waals surface area contributed by atoms with Crippen molar-refractivity contribution in [1.82, 2.24) is 0 Å². The monoisotopic (exact) mass is 358 g/mol. The summed E-state index contributed by atoms with van der Waals surface area (Å²) in [5, 5.41) is 11.4. The number of carbonyl (C=O) groups is 2. The highest BCUT2D eigenvalue weighted by atomic mass is 35.5. The van der Waals surface area contributed by atoms with E-state index >= 15 is 0 Å². The number of nitrogens with one attached hydrogen (secondary N) is 1. The summed E-state index contributed by atoms with van der Waals surface area (Å²) in [7, 11) is 0. The van der Waals surface area contributed by atoms with E-state index < -0.39 is 34.9 Å². The Hall–Kier alpha value is -2.74. The number of carboxylic acids is 1. The summed E-state index contributed by atoms with van der Waals surface area (Å²) in [5.74, 6) is -1.44. The van der Waals surface area contributed by atoms with Gasteiger partial charge in [0.25, 0.3) is 0 Å². The number of carboxylic acid groups (broad SMARTS) is 1. The largest absolute Gasteiger partial charge is 0.478 e. The van der Waals surface area contributed by atoms with Crippen LogP contribution in [0.5, 0.6) is 0 Å². The van der Waals surface area contributed by atoms with Gasteiger partial charge in [0.05, 0.1) is 16.8 Å². The maximum absolute atomic E-state index is 13.4. The van der Waals surface area contributed by atoms with Gasteiger partial charge in [-0.15, -0.1) is 0 Å². The van der Waals surface area contributed by atoms with Gasteiger partial charge in [0.2, 0.25) is 0 Å². The molecule has 0 unspecified atom stereocenters. The molecular formula is C15H10ClF3N2O3. The van der Waals surface area contributed by atoms with E-state index in [1.165, 1.54) is 12.1 Å². The zero-order chi connectivity index (χ0) is 18.1. The van der Waals surface area contributed by atoms with Gasteiger partial charge in [-0.05, 0) is 30.3 Å². The SMILES string of the molecule is NC(=O)Nc1cccc(C(F)(F)F)c1-c1cc(Cl)ccc1C(=O)O. The van der Waals surface area contributed by atoms with Crippen molar-refractivity contribution >= 4 is 29.3 Å². The smallest absolute Gasteiger partial charge is 0.417 e. The Bertz CT molecular complexity index is 822. The van der Waals surface area contributed by atoms with Crippen LogP contribution in [0.4, 0.5) is 23.7 Å². The summed E-state index contributed by atoms with van der Waals surface area (Å²) in [6.45, 7) is 0. The van der Waals surface area contributed by atoms with Gasteiger partial charge in [-0.1, -0.05) is 17.7 Å². The number of carbonyl (C=O) groups excluding carboxylic acids is 1. The predicted molar refractivity (Wildman–Crippen MR) is 82.1 cm³/mol. The fraction of sp³-hybridized carbons (Fsp3) is 0.0667. The number of nitrogens with two attached hydrogens (primary N) is 1. The Balaban J connectivity index is 2.88. The van der Waals surface area contributed by atoms with Gasteiger partial charge in [-0.25, -0.2) is 9.59 Å². The molecule has 2 aromatic rings. The first kappa shape index (κ1) is 17.6. The summed E-state index contributed by atoms with van der Waals surface area (Å²) < 4.78 is 40.1. The summed E-state index contributed by atoms with van der Waals surface area (Å²) in [6, 6.07) is 5.35. The van der Waals surface area contributed by atoms with E-state index in [0.29, 0.717) is 0 Å². The highest BCUT2D eigenvalue weighted by molar-refractivity contribution is 6.31. The molecule has 0 saturated heterocycles. The number of hydrogen-bond donors (Lipinski definition) is 3. The number of primary amides is 1. The minimum Gasteiger partial charge on any atom is -0.478 e. The number of hydrogen-bond acceptors (Lipinski definition) is 2.